The summed E-state index contributed by atoms with van der Waals surface area (Å²) in [5.74, 6) is -0.125. The number of ether oxygens (including phenoxy) is 1. The Labute approximate surface area is 190 Å². The number of hydrogen-bond acceptors (Lipinski definition) is 5. The first kappa shape index (κ1) is 22.9. The quantitative estimate of drug-likeness (QED) is 0.692. The van der Waals surface area contributed by atoms with Crippen molar-refractivity contribution < 1.29 is 17.9 Å². The Kier molecular flexibility index (Phi) is 7.57. The number of anilines is 1. The molecule has 0 atom stereocenters. The highest BCUT2D eigenvalue weighted by atomic mass is 32.2. The number of rotatable bonds is 7. The molecule has 0 saturated carbocycles. The number of benzene rings is 2. The average Bonchev–Trinajstić information content (AvgIpc) is 2.81. The van der Waals surface area contributed by atoms with Crippen LogP contribution in [0.3, 0.4) is 0 Å². The van der Waals surface area contributed by atoms with Crippen molar-refractivity contribution >= 4 is 21.6 Å². The van der Waals surface area contributed by atoms with Gasteiger partial charge in [-0.2, -0.15) is 4.31 Å². The molecule has 0 bridgehead atoms. The second-order valence-electron chi connectivity index (χ2n) is 8.42. The van der Waals surface area contributed by atoms with E-state index >= 15 is 0 Å². The highest BCUT2D eigenvalue weighted by molar-refractivity contribution is 7.89. The number of morpholine rings is 1. The smallest absolute Gasteiger partial charge is 0.243 e. The average molecular weight is 458 g/mol. The van der Waals surface area contributed by atoms with E-state index < -0.39 is 10.0 Å². The molecule has 1 amide bonds. The van der Waals surface area contributed by atoms with Crippen molar-refractivity contribution in [3.05, 3.63) is 59.7 Å². The standard InChI is InChI=1S/C24H31N3O4S/c28-24(25-22-6-4-5-21(17-22)19-26-13-15-31-16-14-26)18-20-7-9-23(10-8-20)32(29,30)27-11-2-1-3-12-27/h4-10,17H,1-3,11-16,18-19H2,(H,25,28). The van der Waals surface area contributed by atoms with E-state index in [0.29, 0.717) is 18.0 Å². The van der Waals surface area contributed by atoms with Crippen LogP contribution in [0, 0.1) is 0 Å². The van der Waals surface area contributed by atoms with Crippen molar-refractivity contribution in [2.45, 2.75) is 37.1 Å². The van der Waals surface area contributed by atoms with Gasteiger partial charge in [0.1, 0.15) is 0 Å². The van der Waals surface area contributed by atoms with Crippen molar-refractivity contribution in [1.29, 1.82) is 0 Å². The molecule has 4 rings (SSSR count). The van der Waals surface area contributed by atoms with Crippen LogP contribution in [-0.2, 0) is 32.5 Å². The first-order valence-electron chi connectivity index (χ1n) is 11.3. The summed E-state index contributed by atoms with van der Waals surface area (Å²) in [4.78, 5) is 15.2. The zero-order valence-corrected chi connectivity index (χ0v) is 19.1. The molecule has 32 heavy (non-hydrogen) atoms. The Morgan fingerprint density at radius 2 is 1.62 bits per heavy atom. The van der Waals surface area contributed by atoms with Gasteiger partial charge < -0.3 is 10.1 Å². The van der Waals surface area contributed by atoms with Gasteiger partial charge in [-0.1, -0.05) is 30.7 Å². The molecule has 2 aromatic carbocycles. The number of hydrogen-bond donors (Lipinski definition) is 1. The van der Waals surface area contributed by atoms with Crippen molar-refractivity contribution in [3.8, 4) is 0 Å². The van der Waals surface area contributed by atoms with Gasteiger partial charge >= 0.3 is 0 Å². The second kappa shape index (κ2) is 10.6. The molecule has 8 heteroatoms. The van der Waals surface area contributed by atoms with Crippen molar-refractivity contribution in [2.75, 3.05) is 44.7 Å². The number of carbonyl (C=O) groups is 1. The van der Waals surface area contributed by atoms with E-state index in [2.05, 4.69) is 16.3 Å². The summed E-state index contributed by atoms with van der Waals surface area (Å²) < 4.78 is 32.5. The van der Waals surface area contributed by atoms with Crippen LogP contribution in [0.5, 0.6) is 0 Å². The number of nitrogens with zero attached hydrogens (tertiary/aromatic N) is 2. The lowest BCUT2D eigenvalue weighted by Gasteiger charge is -2.26. The predicted molar refractivity (Wildman–Crippen MR) is 124 cm³/mol. The van der Waals surface area contributed by atoms with E-state index in [1.807, 2.05) is 18.2 Å². The maximum Gasteiger partial charge on any atom is 0.243 e. The molecule has 7 nitrogen and oxygen atoms in total. The van der Waals surface area contributed by atoms with E-state index in [1.165, 1.54) is 0 Å². The van der Waals surface area contributed by atoms with Crippen LogP contribution in [0.15, 0.2) is 53.4 Å². The normalized spacial score (nSPS) is 18.4. The highest BCUT2D eigenvalue weighted by Gasteiger charge is 2.25. The van der Waals surface area contributed by atoms with Gasteiger partial charge in [0.05, 0.1) is 24.5 Å². The Morgan fingerprint density at radius 3 is 2.34 bits per heavy atom. The zero-order chi connectivity index (χ0) is 22.4. The summed E-state index contributed by atoms with van der Waals surface area (Å²) in [6, 6.07) is 14.6. The lowest BCUT2D eigenvalue weighted by atomic mass is 10.1. The summed E-state index contributed by atoms with van der Waals surface area (Å²) in [6.07, 6.45) is 3.09. The van der Waals surface area contributed by atoms with Crippen LogP contribution in [0.1, 0.15) is 30.4 Å². The molecule has 2 aliphatic rings. The van der Waals surface area contributed by atoms with Gasteiger partial charge in [0.2, 0.25) is 15.9 Å². The maximum atomic E-state index is 12.8. The molecule has 172 valence electrons. The number of piperidine rings is 1. The fraction of sp³-hybridized carbons (Fsp3) is 0.458. The minimum Gasteiger partial charge on any atom is -0.379 e. The number of nitrogens with one attached hydrogen (secondary N) is 1. The fourth-order valence-electron chi connectivity index (χ4n) is 4.19. The number of carbonyl (C=O) groups excluding carboxylic acids is 1. The number of amides is 1. The first-order valence-corrected chi connectivity index (χ1v) is 12.7. The van der Waals surface area contributed by atoms with Gasteiger partial charge in [0, 0.05) is 38.4 Å². The van der Waals surface area contributed by atoms with Gasteiger partial charge in [-0.25, -0.2) is 8.42 Å². The largest absolute Gasteiger partial charge is 0.379 e. The molecule has 0 radical (unpaired) electrons. The lowest BCUT2D eigenvalue weighted by Crippen LogP contribution is -2.35. The Hall–Kier alpha value is -2.26. The Morgan fingerprint density at radius 1 is 0.906 bits per heavy atom. The molecule has 1 N–H and O–H groups in total. The van der Waals surface area contributed by atoms with Gasteiger partial charge in [0.15, 0.2) is 0 Å². The third kappa shape index (κ3) is 5.95. The molecular formula is C24H31N3O4S. The van der Waals surface area contributed by atoms with Crippen LogP contribution in [-0.4, -0.2) is 62.9 Å². The van der Waals surface area contributed by atoms with Crippen LogP contribution >= 0.6 is 0 Å². The SMILES string of the molecule is O=C(Cc1ccc(S(=O)(=O)N2CCCCC2)cc1)Nc1cccc(CN2CCOCC2)c1. The lowest BCUT2D eigenvalue weighted by molar-refractivity contribution is -0.115. The second-order valence-corrected chi connectivity index (χ2v) is 10.4. The number of sulfonamides is 1. The Balaban J connectivity index is 1.33. The third-order valence-electron chi connectivity index (χ3n) is 5.96. The molecule has 2 fully saturated rings. The Bertz CT molecular complexity index is 1010. The molecule has 0 aliphatic carbocycles. The van der Waals surface area contributed by atoms with Crippen molar-refractivity contribution in [2.24, 2.45) is 0 Å². The fourth-order valence-corrected chi connectivity index (χ4v) is 5.71. The van der Waals surface area contributed by atoms with Crippen LogP contribution in [0.2, 0.25) is 0 Å². The van der Waals surface area contributed by atoms with E-state index in [-0.39, 0.29) is 12.3 Å². The van der Waals surface area contributed by atoms with Gasteiger partial charge in [-0.15, -0.1) is 0 Å². The molecule has 0 spiro atoms. The van der Waals surface area contributed by atoms with E-state index in [1.54, 1.807) is 28.6 Å². The van der Waals surface area contributed by atoms with Crippen LogP contribution in [0.25, 0.3) is 0 Å². The summed E-state index contributed by atoms with van der Waals surface area (Å²) >= 11 is 0. The topological polar surface area (TPSA) is 79.0 Å². The molecule has 0 unspecified atom stereocenters. The predicted octanol–water partition coefficient (Wildman–Crippen LogP) is 2.87. The maximum absolute atomic E-state index is 12.8. The minimum absolute atomic E-state index is 0.125. The zero-order valence-electron chi connectivity index (χ0n) is 18.3. The third-order valence-corrected chi connectivity index (χ3v) is 7.87. The summed E-state index contributed by atoms with van der Waals surface area (Å²) in [5, 5.41) is 2.96. The molecule has 2 aromatic rings. The summed E-state index contributed by atoms with van der Waals surface area (Å²) in [5.41, 5.74) is 2.70. The van der Waals surface area contributed by atoms with Gasteiger partial charge in [0.25, 0.3) is 0 Å². The van der Waals surface area contributed by atoms with Crippen molar-refractivity contribution in [1.82, 2.24) is 9.21 Å². The first-order chi connectivity index (χ1) is 15.5. The van der Waals surface area contributed by atoms with E-state index in [4.69, 9.17) is 4.74 Å². The highest BCUT2D eigenvalue weighted by Crippen LogP contribution is 2.21. The van der Waals surface area contributed by atoms with Gasteiger partial charge in [-0.05, 0) is 48.2 Å². The minimum atomic E-state index is -3.45. The van der Waals surface area contributed by atoms with Crippen molar-refractivity contribution in [3.63, 3.8) is 0 Å². The van der Waals surface area contributed by atoms with Gasteiger partial charge in [-0.3, -0.25) is 9.69 Å². The monoisotopic (exact) mass is 457 g/mol. The molecule has 0 aromatic heterocycles. The van der Waals surface area contributed by atoms with Crippen LogP contribution in [0.4, 0.5) is 5.69 Å². The summed E-state index contributed by atoms with van der Waals surface area (Å²) in [6.45, 7) is 5.34. The molecule has 2 aliphatic heterocycles. The van der Waals surface area contributed by atoms with Crippen LogP contribution < -0.4 is 5.32 Å². The van der Waals surface area contributed by atoms with E-state index in [0.717, 1.165) is 68.9 Å². The van der Waals surface area contributed by atoms with E-state index in [9.17, 15) is 13.2 Å². The summed E-state index contributed by atoms with van der Waals surface area (Å²) in [7, 11) is -3.45. The molecule has 2 saturated heterocycles. The molecular weight excluding hydrogens is 426 g/mol. The molecule has 2 heterocycles.